The molecule has 0 rings (SSSR count). The van der Waals surface area contributed by atoms with Crippen LogP contribution >= 0.6 is 11.8 Å². The average molecular weight is 151 g/mol. The second kappa shape index (κ2) is 3.69. The van der Waals surface area contributed by atoms with Crippen molar-refractivity contribution in [3.05, 3.63) is 0 Å². The summed E-state index contributed by atoms with van der Waals surface area (Å²) in [5, 5.41) is 3.54. The van der Waals surface area contributed by atoms with E-state index >= 15 is 0 Å². The van der Waals surface area contributed by atoms with Gasteiger partial charge in [-0.05, 0) is 25.6 Å². The Morgan fingerprint density at radius 1 is 1.67 bits per heavy atom. The van der Waals surface area contributed by atoms with E-state index in [-0.39, 0.29) is 5.54 Å². The SMILES string of the molecule is CO/N=C/C(C)(C)NCl. The van der Waals surface area contributed by atoms with Crippen LogP contribution in [0.2, 0.25) is 0 Å². The third-order valence-corrected chi connectivity index (χ3v) is 1.21. The van der Waals surface area contributed by atoms with Crippen molar-refractivity contribution in [2.24, 2.45) is 5.16 Å². The summed E-state index contributed by atoms with van der Waals surface area (Å²) in [5.41, 5.74) is -0.308. The van der Waals surface area contributed by atoms with Gasteiger partial charge in [0.2, 0.25) is 0 Å². The van der Waals surface area contributed by atoms with Gasteiger partial charge in [0.1, 0.15) is 7.11 Å². The van der Waals surface area contributed by atoms with Crippen molar-refractivity contribution < 1.29 is 4.84 Å². The fraction of sp³-hybridized carbons (Fsp3) is 0.800. The molecule has 0 aromatic rings. The number of halogens is 1. The van der Waals surface area contributed by atoms with Crippen LogP contribution in [0.25, 0.3) is 0 Å². The first-order valence-electron chi connectivity index (χ1n) is 2.58. The van der Waals surface area contributed by atoms with Crippen LogP contribution in [0.3, 0.4) is 0 Å². The maximum atomic E-state index is 5.33. The molecule has 0 heterocycles. The summed E-state index contributed by atoms with van der Waals surface area (Å²) in [5.74, 6) is 0. The molecule has 0 aliphatic carbocycles. The summed E-state index contributed by atoms with van der Waals surface area (Å²) in [6.07, 6.45) is 1.58. The lowest BCUT2D eigenvalue weighted by Gasteiger charge is -2.14. The molecule has 3 nitrogen and oxygen atoms in total. The summed E-state index contributed by atoms with van der Waals surface area (Å²) in [7, 11) is 1.49. The second-order valence-electron chi connectivity index (χ2n) is 2.23. The van der Waals surface area contributed by atoms with Crippen molar-refractivity contribution >= 4 is 18.0 Å². The summed E-state index contributed by atoms with van der Waals surface area (Å²) in [4.78, 5) is 6.97. The Hall–Kier alpha value is -0.280. The molecule has 0 fully saturated rings. The van der Waals surface area contributed by atoms with Crippen LogP contribution in [0.1, 0.15) is 13.8 Å². The van der Waals surface area contributed by atoms with E-state index in [9.17, 15) is 0 Å². The van der Waals surface area contributed by atoms with Crippen molar-refractivity contribution in [1.82, 2.24) is 4.84 Å². The van der Waals surface area contributed by atoms with E-state index in [2.05, 4.69) is 14.8 Å². The van der Waals surface area contributed by atoms with Crippen LogP contribution in [0.5, 0.6) is 0 Å². The lowest BCUT2D eigenvalue weighted by Crippen LogP contribution is -2.34. The summed E-state index contributed by atoms with van der Waals surface area (Å²) in [6, 6.07) is 0. The number of nitrogens with zero attached hydrogens (tertiary/aromatic N) is 1. The molecular formula is C5H11ClN2O. The summed E-state index contributed by atoms with van der Waals surface area (Å²) >= 11 is 5.33. The Morgan fingerprint density at radius 2 is 2.22 bits per heavy atom. The van der Waals surface area contributed by atoms with Gasteiger partial charge in [0, 0.05) is 0 Å². The van der Waals surface area contributed by atoms with Gasteiger partial charge in [-0.1, -0.05) is 5.16 Å². The largest absolute Gasteiger partial charge is 0.399 e. The zero-order valence-electron chi connectivity index (χ0n) is 5.81. The molecule has 0 radical (unpaired) electrons. The zero-order chi connectivity index (χ0) is 7.33. The first-order chi connectivity index (χ1) is 4.12. The van der Waals surface area contributed by atoms with Gasteiger partial charge in [0.05, 0.1) is 11.8 Å². The van der Waals surface area contributed by atoms with Gasteiger partial charge in [-0.25, -0.2) is 4.84 Å². The van der Waals surface area contributed by atoms with Crippen LogP contribution in [0, 0.1) is 0 Å². The standard InChI is InChI=1S/C5H11ClN2O/c1-5(2,8-6)4-7-9-3/h4,8H,1-3H3/b7-4+. The molecule has 0 aromatic carbocycles. The maximum absolute atomic E-state index is 5.33. The first-order valence-corrected chi connectivity index (χ1v) is 2.95. The average Bonchev–Trinajstić information content (AvgIpc) is 1.84. The highest BCUT2D eigenvalue weighted by atomic mass is 35.5. The molecule has 1 N–H and O–H groups in total. The Bertz CT molecular complexity index is 103. The molecule has 0 unspecified atom stereocenters. The van der Waals surface area contributed by atoms with Crippen molar-refractivity contribution in [2.75, 3.05) is 7.11 Å². The highest BCUT2D eigenvalue weighted by Gasteiger charge is 2.11. The van der Waals surface area contributed by atoms with Gasteiger partial charge in [-0.2, -0.15) is 0 Å². The summed E-state index contributed by atoms with van der Waals surface area (Å²) in [6.45, 7) is 3.76. The first kappa shape index (κ1) is 8.72. The van der Waals surface area contributed by atoms with E-state index in [0.717, 1.165) is 0 Å². The predicted octanol–water partition coefficient (Wildman–Crippen LogP) is 1.14. The molecule has 0 aliphatic rings. The molecular weight excluding hydrogens is 140 g/mol. The minimum Gasteiger partial charge on any atom is -0.399 e. The quantitative estimate of drug-likeness (QED) is 0.372. The van der Waals surface area contributed by atoms with Gasteiger partial charge in [-0.15, -0.1) is 0 Å². The highest BCUT2D eigenvalue weighted by Crippen LogP contribution is 1.97. The predicted molar refractivity (Wildman–Crippen MR) is 38.6 cm³/mol. The highest BCUT2D eigenvalue weighted by molar-refractivity contribution is 6.15. The number of oxime groups is 1. The minimum absolute atomic E-state index is 0.308. The van der Waals surface area contributed by atoms with Crippen LogP contribution in [0.15, 0.2) is 5.16 Å². The van der Waals surface area contributed by atoms with Crippen molar-refractivity contribution in [3.63, 3.8) is 0 Å². The summed E-state index contributed by atoms with van der Waals surface area (Å²) < 4.78 is 0. The molecule has 0 bridgehead atoms. The van der Waals surface area contributed by atoms with Gasteiger partial charge < -0.3 is 4.84 Å². The molecule has 0 aromatic heterocycles. The molecule has 0 saturated carbocycles. The molecule has 0 spiro atoms. The molecule has 0 saturated heterocycles. The van der Waals surface area contributed by atoms with E-state index in [0.29, 0.717) is 0 Å². The van der Waals surface area contributed by atoms with Crippen molar-refractivity contribution in [3.8, 4) is 0 Å². The second-order valence-corrected chi connectivity index (χ2v) is 2.42. The van der Waals surface area contributed by atoms with E-state index in [1.807, 2.05) is 13.8 Å². The lowest BCUT2D eigenvalue weighted by molar-refractivity contribution is 0.213. The fourth-order valence-electron chi connectivity index (χ4n) is 0.209. The molecule has 0 amide bonds. The van der Waals surface area contributed by atoms with Gasteiger partial charge in [-0.3, -0.25) is 0 Å². The molecule has 0 aliphatic heterocycles. The zero-order valence-corrected chi connectivity index (χ0v) is 6.57. The van der Waals surface area contributed by atoms with Crippen molar-refractivity contribution in [2.45, 2.75) is 19.4 Å². The van der Waals surface area contributed by atoms with E-state index in [1.54, 1.807) is 6.21 Å². The van der Waals surface area contributed by atoms with Crippen LogP contribution in [0.4, 0.5) is 0 Å². The van der Waals surface area contributed by atoms with Gasteiger partial charge in [0.25, 0.3) is 0 Å². The minimum atomic E-state index is -0.308. The maximum Gasteiger partial charge on any atom is 0.106 e. The number of hydrogen-bond donors (Lipinski definition) is 1. The Balaban J connectivity index is 3.70. The number of rotatable bonds is 3. The molecule has 54 valence electrons. The fourth-order valence-corrected chi connectivity index (χ4v) is 0.258. The van der Waals surface area contributed by atoms with Gasteiger partial charge >= 0.3 is 0 Å². The topological polar surface area (TPSA) is 33.6 Å². The Morgan fingerprint density at radius 3 is 2.56 bits per heavy atom. The normalized spacial score (nSPS) is 12.4. The van der Waals surface area contributed by atoms with E-state index < -0.39 is 0 Å². The lowest BCUT2D eigenvalue weighted by atomic mass is 10.1. The molecule has 9 heavy (non-hydrogen) atoms. The van der Waals surface area contributed by atoms with Gasteiger partial charge in [0.15, 0.2) is 0 Å². The number of hydrogen-bond acceptors (Lipinski definition) is 3. The molecule has 4 heteroatoms. The van der Waals surface area contributed by atoms with Crippen molar-refractivity contribution in [1.29, 1.82) is 0 Å². The van der Waals surface area contributed by atoms with E-state index in [4.69, 9.17) is 11.8 Å². The number of nitrogens with one attached hydrogen (secondary N) is 1. The van der Waals surface area contributed by atoms with E-state index in [1.165, 1.54) is 7.11 Å². The molecule has 0 atom stereocenters. The smallest absolute Gasteiger partial charge is 0.106 e. The third-order valence-electron chi connectivity index (χ3n) is 0.724. The van der Waals surface area contributed by atoms with Crippen LogP contribution in [-0.4, -0.2) is 18.9 Å². The Kier molecular flexibility index (Phi) is 3.58. The Labute approximate surface area is 60.1 Å². The third kappa shape index (κ3) is 4.24. The van der Waals surface area contributed by atoms with Crippen LogP contribution < -0.4 is 4.84 Å². The van der Waals surface area contributed by atoms with Crippen LogP contribution in [-0.2, 0) is 4.84 Å². The monoisotopic (exact) mass is 150 g/mol.